The molecule has 0 aliphatic heterocycles. The van der Waals surface area contributed by atoms with Gasteiger partial charge in [0.15, 0.2) is 0 Å². The third-order valence-electron chi connectivity index (χ3n) is 1.63. The van der Waals surface area contributed by atoms with Gasteiger partial charge in [0, 0.05) is 12.4 Å². The van der Waals surface area contributed by atoms with Crippen molar-refractivity contribution in [2.75, 3.05) is 13.7 Å². The minimum absolute atomic E-state index is 0. The van der Waals surface area contributed by atoms with E-state index < -0.39 is 5.97 Å². The van der Waals surface area contributed by atoms with Crippen molar-refractivity contribution in [2.24, 2.45) is 0 Å². The van der Waals surface area contributed by atoms with Gasteiger partial charge in [-0.3, -0.25) is 0 Å². The summed E-state index contributed by atoms with van der Waals surface area (Å²) < 4.78 is 10.1. The summed E-state index contributed by atoms with van der Waals surface area (Å²) in [4.78, 5) is 10.1. The first kappa shape index (κ1) is 14.3. The first-order chi connectivity index (χ1) is 6.72. The third-order valence-corrected chi connectivity index (χ3v) is 1.63. The Kier molecular flexibility index (Phi) is 7.21. The van der Waals surface area contributed by atoms with E-state index in [9.17, 15) is 9.90 Å². The zero-order valence-corrected chi connectivity index (χ0v) is 10.9. The van der Waals surface area contributed by atoms with Gasteiger partial charge >= 0.3 is 29.6 Å². The number of hydrogen-bond acceptors (Lipinski definition) is 4. The normalized spacial score (nSPS) is 8.87. The molecule has 0 aromatic heterocycles. The molecule has 0 spiro atoms. The molecule has 1 aromatic carbocycles. The first-order valence-electron chi connectivity index (χ1n) is 4.19. The summed E-state index contributed by atoms with van der Waals surface area (Å²) in [6.45, 7) is 0.120. The van der Waals surface area contributed by atoms with Crippen molar-refractivity contribution in [3.8, 4) is 11.5 Å². The van der Waals surface area contributed by atoms with E-state index in [-0.39, 0.29) is 42.6 Å². The van der Waals surface area contributed by atoms with E-state index in [4.69, 9.17) is 9.47 Å². The van der Waals surface area contributed by atoms with Crippen LogP contribution in [0.4, 0.5) is 0 Å². The number of benzene rings is 1. The average Bonchev–Trinajstić information content (AvgIpc) is 2.18. The van der Waals surface area contributed by atoms with Crippen molar-refractivity contribution in [2.45, 2.75) is 6.42 Å². The zero-order chi connectivity index (χ0) is 10.4. The fraction of sp³-hybridized carbons (Fsp3) is 0.300. The summed E-state index contributed by atoms with van der Waals surface area (Å²) in [6, 6.07) is 6.92. The summed E-state index contributed by atoms with van der Waals surface area (Å²) in [7, 11) is 1.58. The monoisotopic (exact) mass is 218 g/mol. The number of carbonyl (C=O) groups is 1. The maximum atomic E-state index is 10.1. The maximum Gasteiger partial charge on any atom is 1.00 e. The molecule has 15 heavy (non-hydrogen) atoms. The van der Waals surface area contributed by atoms with Crippen molar-refractivity contribution in [3.63, 3.8) is 0 Å². The van der Waals surface area contributed by atoms with Gasteiger partial charge in [-0.25, -0.2) is 0 Å². The fourth-order valence-electron chi connectivity index (χ4n) is 0.924. The number of hydrogen-bond donors (Lipinski definition) is 0. The fourth-order valence-corrected chi connectivity index (χ4v) is 0.924. The molecule has 0 atom stereocenters. The number of aliphatic carboxylic acids is 1. The molecule has 0 saturated carbocycles. The van der Waals surface area contributed by atoms with Crippen LogP contribution < -0.4 is 44.1 Å². The van der Waals surface area contributed by atoms with Gasteiger partial charge in [0.2, 0.25) is 0 Å². The van der Waals surface area contributed by atoms with Gasteiger partial charge < -0.3 is 19.4 Å². The van der Waals surface area contributed by atoms with E-state index in [0.29, 0.717) is 5.75 Å². The third kappa shape index (κ3) is 5.67. The van der Waals surface area contributed by atoms with Crippen LogP contribution in [0, 0.1) is 0 Å². The molecule has 0 bridgehead atoms. The first-order valence-corrected chi connectivity index (χ1v) is 4.19. The molecule has 0 aliphatic rings. The largest absolute Gasteiger partial charge is 1.00 e. The van der Waals surface area contributed by atoms with E-state index in [0.717, 1.165) is 5.75 Å². The Morgan fingerprint density at radius 1 is 1.27 bits per heavy atom. The molecule has 5 heteroatoms. The number of carboxylic acids is 1. The topological polar surface area (TPSA) is 58.6 Å². The van der Waals surface area contributed by atoms with Gasteiger partial charge in [-0.05, 0) is 24.3 Å². The standard InChI is InChI=1S/C10H12O4.Na/c1-13-8-2-4-9(5-3-8)14-7-6-10(11)12;/h2-5H,6-7H2,1H3,(H,11,12);/q;+1/p-1. The summed E-state index contributed by atoms with van der Waals surface area (Å²) in [5.74, 6) is 0.239. The second-order valence-electron chi connectivity index (χ2n) is 2.65. The minimum atomic E-state index is -1.11. The molecule has 0 radical (unpaired) electrons. The van der Waals surface area contributed by atoms with E-state index in [1.807, 2.05) is 0 Å². The van der Waals surface area contributed by atoms with Gasteiger partial charge in [-0.15, -0.1) is 0 Å². The Bertz CT molecular complexity index is 297. The molecular formula is C10H11NaO4. The van der Waals surface area contributed by atoms with Crippen molar-refractivity contribution in [1.82, 2.24) is 0 Å². The van der Waals surface area contributed by atoms with Gasteiger partial charge in [-0.1, -0.05) is 0 Å². The Labute approximate surface area is 110 Å². The molecular weight excluding hydrogens is 207 g/mol. The molecule has 0 unspecified atom stereocenters. The second kappa shape index (κ2) is 7.56. The van der Waals surface area contributed by atoms with E-state index in [2.05, 4.69) is 0 Å². The number of ether oxygens (including phenoxy) is 2. The minimum Gasteiger partial charge on any atom is -0.550 e. The smallest absolute Gasteiger partial charge is 0.550 e. The van der Waals surface area contributed by atoms with E-state index in [1.165, 1.54) is 0 Å². The molecule has 0 heterocycles. The van der Waals surface area contributed by atoms with Gasteiger partial charge in [-0.2, -0.15) is 0 Å². The number of methoxy groups -OCH3 is 1. The predicted octanol–water partition coefficient (Wildman–Crippen LogP) is -2.78. The van der Waals surface area contributed by atoms with Gasteiger partial charge in [0.25, 0.3) is 0 Å². The van der Waals surface area contributed by atoms with Crippen molar-refractivity contribution in [3.05, 3.63) is 24.3 Å². The average molecular weight is 218 g/mol. The molecule has 0 fully saturated rings. The van der Waals surface area contributed by atoms with Crippen LogP contribution in [-0.2, 0) is 4.79 Å². The Balaban J connectivity index is 0.00000196. The number of carboxylic acid groups (broad SMARTS) is 1. The summed E-state index contributed by atoms with van der Waals surface area (Å²) >= 11 is 0. The van der Waals surface area contributed by atoms with Crippen LogP contribution in [0.25, 0.3) is 0 Å². The van der Waals surface area contributed by atoms with Crippen LogP contribution in [0.1, 0.15) is 6.42 Å². The molecule has 0 N–H and O–H groups in total. The van der Waals surface area contributed by atoms with E-state index in [1.54, 1.807) is 31.4 Å². The SMILES string of the molecule is COc1ccc(OCCC(=O)[O-])cc1.[Na+]. The Morgan fingerprint density at radius 3 is 2.27 bits per heavy atom. The van der Waals surface area contributed by atoms with Crippen LogP contribution in [0.5, 0.6) is 11.5 Å². The molecule has 4 nitrogen and oxygen atoms in total. The van der Waals surface area contributed by atoms with Crippen LogP contribution >= 0.6 is 0 Å². The summed E-state index contributed by atoms with van der Waals surface area (Å²) in [5, 5.41) is 10.1. The molecule has 1 aromatic rings. The molecule has 0 saturated heterocycles. The van der Waals surface area contributed by atoms with Crippen molar-refractivity contribution >= 4 is 5.97 Å². The van der Waals surface area contributed by atoms with Gasteiger partial charge in [0.05, 0.1) is 13.7 Å². The van der Waals surface area contributed by atoms with Crippen LogP contribution in [0.15, 0.2) is 24.3 Å². The van der Waals surface area contributed by atoms with Crippen molar-refractivity contribution in [1.29, 1.82) is 0 Å². The number of rotatable bonds is 5. The quantitative estimate of drug-likeness (QED) is 0.502. The molecule has 1 rings (SSSR count). The molecule has 0 amide bonds. The Morgan fingerprint density at radius 2 is 1.80 bits per heavy atom. The summed E-state index contributed by atoms with van der Waals surface area (Å²) in [5.41, 5.74) is 0. The van der Waals surface area contributed by atoms with E-state index >= 15 is 0 Å². The van der Waals surface area contributed by atoms with Crippen molar-refractivity contribution < 1.29 is 48.9 Å². The number of carbonyl (C=O) groups excluding carboxylic acids is 1. The summed E-state index contributed by atoms with van der Waals surface area (Å²) in [6.07, 6.45) is -0.105. The van der Waals surface area contributed by atoms with Crippen LogP contribution in [0.2, 0.25) is 0 Å². The molecule has 76 valence electrons. The van der Waals surface area contributed by atoms with Crippen LogP contribution in [0.3, 0.4) is 0 Å². The zero-order valence-electron chi connectivity index (χ0n) is 8.86. The predicted molar refractivity (Wildman–Crippen MR) is 48.1 cm³/mol. The maximum absolute atomic E-state index is 10.1. The molecule has 0 aliphatic carbocycles. The second-order valence-corrected chi connectivity index (χ2v) is 2.65. The Hall–Kier alpha value is -0.710. The van der Waals surface area contributed by atoms with Gasteiger partial charge in [0.1, 0.15) is 11.5 Å². The van der Waals surface area contributed by atoms with Crippen LogP contribution in [-0.4, -0.2) is 19.7 Å².